The molecule has 9 heteroatoms. The van der Waals surface area contributed by atoms with Crippen LogP contribution >= 0.6 is 11.6 Å². The Kier molecular flexibility index (Phi) is 4.56. The number of aromatic amines is 1. The van der Waals surface area contributed by atoms with Gasteiger partial charge in [-0.3, -0.25) is 0 Å². The van der Waals surface area contributed by atoms with E-state index in [1.807, 2.05) is 30.3 Å². The van der Waals surface area contributed by atoms with Crippen molar-refractivity contribution in [1.82, 2.24) is 24.9 Å². The molecule has 156 valence electrons. The molecule has 5 heterocycles. The number of benzene rings is 1. The topological polar surface area (TPSA) is 95.0 Å². The maximum Gasteiger partial charge on any atom is 0.296 e. The Bertz CT molecular complexity index is 1230. The van der Waals surface area contributed by atoms with Crippen LogP contribution in [0.25, 0.3) is 33.8 Å². The van der Waals surface area contributed by atoms with E-state index in [0.29, 0.717) is 46.9 Å². The van der Waals surface area contributed by atoms with Crippen LogP contribution in [-0.4, -0.2) is 56.4 Å². The van der Waals surface area contributed by atoms with Crippen molar-refractivity contribution in [3.63, 3.8) is 0 Å². The fourth-order valence-corrected chi connectivity index (χ4v) is 4.31. The molecule has 0 saturated carbocycles. The van der Waals surface area contributed by atoms with E-state index in [0.717, 1.165) is 17.5 Å². The summed E-state index contributed by atoms with van der Waals surface area (Å²) in [5, 5.41) is 0.523. The third kappa shape index (κ3) is 3.42. The summed E-state index contributed by atoms with van der Waals surface area (Å²) >= 11 is 6.53. The molecular weight excluding hydrogens is 418 g/mol. The molecule has 1 aromatic carbocycles. The van der Waals surface area contributed by atoms with Crippen LogP contribution in [0.15, 0.2) is 48.8 Å². The summed E-state index contributed by atoms with van der Waals surface area (Å²) in [7, 11) is 0. The lowest BCUT2D eigenvalue weighted by Gasteiger charge is -2.15. The quantitative estimate of drug-likeness (QED) is 0.522. The van der Waals surface area contributed by atoms with Gasteiger partial charge in [0.2, 0.25) is 0 Å². The number of aromatic nitrogens is 5. The molecular formula is C22H18ClN5O3. The van der Waals surface area contributed by atoms with Crippen molar-refractivity contribution in [2.45, 2.75) is 24.7 Å². The van der Waals surface area contributed by atoms with Crippen LogP contribution in [-0.2, 0) is 9.47 Å². The summed E-state index contributed by atoms with van der Waals surface area (Å²) in [4.78, 5) is 20.9. The maximum absolute atomic E-state index is 6.53. The number of nitrogens with zero attached hydrogens (tertiary/aromatic N) is 4. The number of pyridine rings is 1. The Labute approximate surface area is 182 Å². The predicted molar refractivity (Wildman–Crippen MR) is 114 cm³/mol. The zero-order chi connectivity index (χ0) is 20.8. The van der Waals surface area contributed by atoms with E-state index in [-0.39, 0.29) is 18.3 Å². The summed E-state index contributed by atoms with van der Waals surface area (Å²) in [5.74, 6) is 0.669. The number of hydrogen-bond acceptors (Lipinski definition) is 7. The molecule has 0 bridgehead atoms. The molecule has 0 amide bonds. The van der Waals surface area contributed by atoms with Crippen LogP contribution < -0.4 is 4.74 Å². The molecule has 3 aromatic heterocycles. The Morgan fingerprint density at radius 2 is 1.84 bits per heavy atom. The lowest BCUT2D eigenvalue weighted by atomic mass is 10.1. The largest absolute Gasteiger partial charge is 0.456 e. The molecule has 8 nitrogen and oxygen atoms in total. The van der Waals surface area contributed by atoms with Crippen molar-refractivity contribution in [2.24, 2.45) is 0 Å². The second-order valence-electron chi connectivity index (χ2n) is 7.53. The first-order valence-corrected chi connectivity index (χ1v) is 10.5. The van der Waals surface area contributed by atoms with Crippen LogP contribution in [0.2, 0.25) is 5.02 Å². The smallest absolute Gasteiger partial charge is 0.296 e. The monoisotopic (exact) mass is 435 g/mol. The Morgan fingerprint density at radius 3 is 2.68 bits per heavy atom. The normalized spacial score (nSPS) is 22.7. The Hall–Kier alpha value is -3.07. The van der Waals surface area contributed by atoms with Gasteiger partial charge in [0.25, 0.3) is 6.01 Å². The van der Waals surface area contributed by atoms with Gasteiger partial charge in [0.15, 0.2) is 17.6 Å². The molecule has 0 spiro atoms. The molecule has 2 aliphatic heterocycles. The van der Waals surface area contributed by atoms with Crippen molar-refractivity contribution in [3.8, 4) is 28.7 Å². The molecule has 2 fully saturated rings. The van der Waals surface area contributed by atoms with Crippen LogP contribution in [0.3, 0.4) is 0 Å². The first-order valence-electron chi connectivity index (χ1n) is 10.1. The van der Waals surface area contributed by atoms with Gasteiger partial charge in [-0.25, -0.2) is 15.0 Å². The van der Waals surface area contributed by atoms with E-state index in [2.05, 4.69) is 24.9 Å². The second kappa shape index (κ2) is 7.56. The van der Waals surface area contributed by atoms with Gasteiger partial charge in [0.1, 0.15) is 6.10 Å². The fourth-order valence-electron chi connectivity index (χ4n) is 4.05. The first kappa shape index (κ1) is 18.7. The molecule has 4 aromatic rings. The highest BCUT2D eigenvalue weighted by molar-refractivity contribution is 6.33. The lowest BCUT2D eigenvalue weighted by Crippen LogP contribution is -2.32. The summed E-state index contributed by atoms with van der Waals surface area (Å²) in [6.07, 6.45) is 4.22. The molecule has 2 aliphatic rings. The highest BCUT2D eigenvalue weighted by Gasteiger charge is 2.43. The number of H-pyrrole nitrogens is 1. The minimum absolute atomic E-state index is 0.0487. The zero-order valence-electron chi connectivity index (χ0n) is 16.4. The van der Waals surface area contributed by atoms with E-state index in [1.54, 1.807) is 18.5 Å². The molecule has 0 radical (unpaired) electrons. The lowest BCUT2D eigenvalue weighted by molar-refractivity contribution is 0.0273. The second-order valence-corrected chi connectivity index (χ2v) is 7.94. The molecule has 1 unspecified atom stereocenters. The van der Waals surface area contributed by atoms with Gasteiger partial charge in [-0.15, -0.1) is 0 Å². The highest BCUT2D eigenvalue weighted by atomic mass is 35.5. The SMILES string of the molecule is Clc1cc2[nH]c(OC3CO[C@@H]4CCO[C@H]34)nc2nc1-c1ccc(-c2ncccn2)cc1. The van der Waals surface area contributed by atoms with E-state index >= 15 is 0 Å². The number of fused-ring (bicyclic) bond motifs is 2. The number of hydrogen-bond donors (Lipinski definition) is 1. The summed E-state index contributed by atoms with van der Waals surface area (Å²) in [6, 6.07) is 11.8. The van der Waals surface area contributed by atoms with Crippen LogP contribution in [0.5, 0.6) is 6.01 Å². The summed E-state index contributed by atoms with van der Waals surface area (Å²) < 4.78 is 17.5. The molecule has 2 saturated heterocycles. The Morgan fingerprint density at radius 1 is 1.03 bits per heavy atom. The van der Waals surface area contributed by atoms with Crippen LogP contribution in [0.1, 0.15) is 6.42 Å². The first-order chi connectivity index (χ1) is 15.2. The number of halogens is 1. The van der Waals surface area contributed by atoms with Crippen molar-refractivity contribution in [3.05, 3.63) is 53.8 Å². The van der Waals surface area contributed by atoms with E-state index < -0.39 is 0 Å². The summed E-state index contributed by atoms with van der Waals surface area (Å²) in [6.45, 7) is 1.19. The standard InChI is InChI=1S/C22H18ClN5O3/c23-14-10-15-21(28-22(26-15)31-17-11-30-16-6-9-29-19(16)17)27-18(14)12-2-4-13(5-3-12)20-24-7-1-8-25-20/h1-5,7-8,10,16-17,19H,6,9,11H2,(H,26,27,28)/t16-,17?,19+/m1/s1. The van der Waals surface area contributed by atoms with E-state index in [4.69, 9.17) is 25.8 Å². The Balaban J connectivity index is 1.28. The minimum Gasteiger partial charge on any atom is -0.456 e. The van der Waals surface area contributed by atoms with Gasteiger partial charge in [-0.05, 0) is 18.6 Å². The molecule has 3 atom stereocenters. The molecule has 6 rings (SSSR count). The van der Waals surface area contributed by atoms with Crippen molar-refractivity contribution in [1.29, 1.82) is 0 Å². The third-order valence-electron chi connectivity index (χ3n) is 5.57. The average Bonchev–Trinajstić information content (AvgIpc) is 3.51. The molecule has 0 aliphatic carbocycles. The van der Waals surface area contributed by atoms with Gasteiger partial charge in [-0.1, -0.05) is 35.9 Å². The summed E-state index contributed by atoms with van der Waals surface area (Å²) in [5.41, 5.74) is 3.69. The van der Waals surface area contributed by atoms with E-state index in [1.165, 1.54) is 0 Å². The van der Waals surface area contributed by atoms with Gasteiger partial charge in [0.05, 0.1) is 28.9 Å². The predicted octanol–water partition coefficient (Wildman–Crippen LogP) is 3.67. The number of rotatable bonds is 4. The average molecular weight is 436 g/mol. The number of nitrogens with one attached hydrogen (secondary N) is 1. The van der Waals surface area contributed by atoms with Crippen LogP contribution in [0.4, 0.5) is 0 Å². The van der Waals surface area contributed by atoms with Crippen molar-refractivity contribution >= 4 is 22.8 Å². The van der Waals surface area contributed by atoms with Gasteiger partial charge in [0, 0.05) is 30.1 Å². The van der Waals surface area contributed by atoms with Crippen LogP contribution in [0, 0.1) is 0 Å². The number of imidazole rings is 1. The van der Waals surface area contributed by atoms with Crippen molar-refractivity contribution in [2.75, 3.05) is 13.2 Å². The molecule has 31 heavy (non-hydrogen) atoms. The van der Waals surface area contributed by atoms with Gasteiger partial charge in [-0.2, -0.15) is 4.98 Å². The van der Waals surface area contributed by atoms with Gasteiger partial charge < -0.3 is 19.2 Å². The maximum atomic E-state index is 6.53. The third-order valence-corrected chi connectivity index (χ3v) is 5.86. The van der Waals surface area contributed by atoms with E-state index in [9.17, 15) is 0 Å². The fraction of sp³-hybridized carbons (Fsp3) is 0.273. The molecule has 1 N–H and O–H groups in total. The van der Waals surface area contributed by atoms with Crippen molar-refractivity contribution < 1.29 is 14.2 Å². The minimum atomic E-state index is -0.184. The number of ether oxygens (including phenoxy) is 3. The highest BCUT2D eigenvalue weighted by Crippen LogP contribution is 2.32. The zero-order valence-corrected chi connectivity index (χ0v) is 17.1. The van der Waals surface area contributed by atoms with Gasteiger partial charge >= 0.3 is 0 Å².